The minimum atomic E-state index is -2.07. The summed E-state index contributed by atoms with van der Waals surface area (Å²) in [7, 11) is -3.28. The third-order valence-electron chi connectivity index (χ3n) is 4.59. The molecule has 2 atom stereocenters. The van der Waals surface area contributed by atoms with Crippen LogP contribution in [0, 0.1) is 6.92 Å². The molecule has 0 saturated heterocycles. The average Bonchev–Trinajstić information content (AvgIpc) is 2.52. The minimum absolute atomic E-state index is 0.0222. The van der Waals surface area contributed by atoms with Crippen molar-refractivity contribution in [3.8, 4) is 0 Å². The Balaban J connectivity index is 2.97. The number of benzene rings is 1. The van der Waals surface area contributed by atoms with E-state index in [9.17, 15) is 9.00 Å². The number of esters is 1. The summed E-state index contributed by atoms with van der Waals surface area (Å²) in [4.78, 5) is 12.4. The van der Waals surface area contributed by atoms with Crippen LogP contribution < -0.4 is 0 Å². The number of hydrogen-bond acceptors (Lipinski definition) is 4. The molecule has 0 saturated carbocycles. The van der Waals surface area contributed by atoms with Crippen molar-refractivity contribution in [1.29, 1.82) is 0 Å². The van der Waals surface area contributed by atoms with Gasteiger partial charge in [-0.3, -0.25) is 4.21 Å². The van der Waals surface area contributed by atoms with E-state index in [2.05, 4.69) is 33.9 Å². The fraction of sp³-hybridized carbons (Fsp3) is 0.550. The summed E-state index contributed by atoms with van der Waals surface area (Å²) >= 11 is 0. The summed E-state index contributed by atoms with van der Waals surface area (Å²) in [6.07, 6.45) is 2.67. The van der Waals surface area contributed by atoms with Crippen molar-refractivity contribution in [3.63, 3.8) is 0 Å². The molecule has 4 nitrogen and oxygen atoms in total. The van der Waals surface area contributed by atoms with Crippen molar-refractivity contribution < 1.29 is 18.2 Å². The largest absolute Gasteiger partial charge is 0.463 e. The summed E-state index contributed by atoms with van der Waals surface area (Å²) in [6, 6.07) is 7.66. The Morgan fingerprint density at radius 3 is 2.31 bits per heavy atom. The first kappa shape index (κ1) is 22.8. The number of aryl methyl sites for hydroxylation is 1. The van der Waals surface area contributed by atoms with E-state index in [1.54, 1.807) is 13.0 Å². The lowest BCUT2D eigenvalue weighted by Crippen LogP contribution is -2.44. The summed E-state index contributed by atoms with van der Waals surface area (Å²) in [5.74, 6) is -0.0942. The van der Waals surface area contributed by atoms with Gasteiger partial charge in [-0.2, -0.15) is 0 Å². The van der Waals surface area contributed by atoms with Crippen molar-refractivity contribution in [2.45, 2.75) is 63.8 Å². The molecule has 0 aromatic heterocycles. The van der Waals surface area contributed by atoms with Gasteiger partial charge >= 0.3 is 5.97 Å². The van der Waals surface area contributed by atoms with Gasteiger partial charge in [0.25, 0.3) is 0 Å². The van der Waals surface area contributed by atoms with Gasteiger partial charge in [0.15, 0.2) is 8.32 Å². The van der Waals surface area contributed by atoms with Gasteiger partial charge in [0.05, 0.1) is 29.3 Å². The lowest BCUT2D eigenvalue weighted by Gasteiger charge is -2.38. The molecule has 0 aliphatic heterocycles. The van der Waals surface area contributed by atoms with Crippen molar-refractivity contribution >= 4 is 25.1 Å². The van der Waals surface area contributed by atoms with Gasteiger partial charge in [-0.05, 0) is 50.2 Å². The summed E-state index contributed by atoms with van der Waals surface area (Å²) in [5.41, 5.74) is 1.13. The molecule has 0 amide bonds. The molecular formula is C20H32O4SSi. The highest BCUT2D eigenvalue weighted by Crippen LogP contribution is 2.37. The second-order valence-corrected chi connectivity index (χ2v) is 14.1. The number of ether oxygens (including phenoxy) is 1. The molecular weight excluding hydrogens is 364 g/mol. The van der Waals surface area contributed by atoms with Gasteiger partial charge in [-0.15, -0.1) is 0 Å². The lowest BCUT2D eigenvalue weighted by atomic mass is 10.2. The van der Waals surface area contributed by atoms with Gasteiger partial charge in [-0.1, -0.05) is 38.5 Å². The van der Waals surface area contributed by atoms with E-state index < -0.39 is 31.2 Å². The van der Waals surface area contributed by atoms with Crippen molar-refractivity contribution in [3.05, 3.63) is 42.0 Å². The molecule has 0 bridgehead atoms. The predicted octanol–water partition coefficient (Wildman–Crippen LogP) is 4.61. The molecule has 0 fully saturated rings. The van der Waals surface area contributed by atoms with Crippen LogP contribution >= 0.6 is 0 Å². The molecule has 0 radical (unpaired) electrons. The van der Waals surface area contributed by atoms with E-state index in [4.69, 9.17) is 9.16 Å². The standard InChI is InChI=1S/C20H32O4SSi/c1-8-23-19(21)14-11-17(24-26(6,7)20(3,4)5)15-25(22)18-12-9-16(2)10-13-18/h9-14,17H,8,15H2,1-7H3/b14-11+/t17-,25?/m1/s1. The zero-order valence-corrected chi connectivity index (χ0v) is 18.8. The number of hydrogen-bond donors (Lipinski definition) is 0. The molecule has 1 rings (SSSR count). The lowest BCUT2D eigenvalue weighted by molar-refractivity contribution is -0.137. The van der Waals surface area contributed by atoms with Crippen molar-refractivity contribution in [2.75, 3.05) is 12.4 Å². The van der Waals surface area contributed by atoms with Crippen LogP contribution in [0.2, 0.25) is 18.1 Å². The van der Waals surface area contributed by atoms with Crippen LogP contribution in [0.25, 0.3) is 0 Å². The molecule has 0 heterocycles. The molecule has 146 valence electrons. The van der Waals surface area contributed by atoms with E-state index in [0.29, 0.717) is 12.4 Å². The fourth-order valence-electron chi connectivity index (χ4n) is 2.00. The van der Waals surface area contributed by atoms with Crippen LogP contribution in [-0.4, -0.2) is 37.0 Å². The van der Waals surface area contributed by atoms with Crippen LogP contribution in [0.15, 0.2) is 41.3 Å². The van der Waals surface area contributed by atoms with Crippen LogP contribution in [0.1, 0.15) is 33.3 Å². The van der Waals surface area contributed by atoms with Gasteiger partial charge in [0, 0.05) is 11.0 Å². The highest BCUT2D eigenvalue weighted by molar-refractivity contribution is 7.85. The Labute approximate surface area is 161 Å². The Morgan fingerprint density at radius 1 is 1.23 bits per heavy atom. The van der Waals surface area contributed by atoms with Gasteiger partial charge in [-0.25, -0.2) is 4.79 Å². The molecule has 0 aliphatic rings. The highest BCUT2D eigenvalue weighted by atomic mass is 32.2. The van der Waals surface area contributed by atoms with E-state index >= 15 is 0 Å². The zero-order valence-electron chi connectivity index (χ0n) is 17.0. The van der Waals surface area contributed by atoms with E-state index in [-0.39, 0.29) is 5.04 Å². The van der Waals surface area contributed by atoms with Gasteiger partial charge < -0.3 is 9.16 Å². The maximum absolute atomic E-state index is 12.8. The molecule has 1 aromatic rings. The fourth-order valence-corrected chi connectivity index (χ4v) is 4.50. The van der Waals surface area contributed by atoms with E-state index in [1.807, 2.05) is 31.2 Å². The van der Waals surface area contributed by atoms with E-state index in [0.717, 1.165) is 10.5 Å². The first-order valence-corrected chi connectivity index (χ1v) is 13.2. The van der Waals surface area contributed by atoms with Crippen LogP contribution in [0.5, 0.6) is 0 Å². The summed E-state index contributed by atoms with van der Waals surface area (Å²) < 4.78 is 24.1. The SMILES string of the molecule is CCOC(=O)/C=C/[C@H](CS(=O)c1ccc(C)cc1)O[Si](C)(C)C(C)(C)C. The molecule has 0 spiro atoms. The highest BCUT2D eigenvalue weighted by Gasteiger charge is 2.39. The normalized spacial score (nSPS) is 15.0. The molecule has 0 N–H and O–H groups in total. The Kier molecular flexibility index (Phi) is 8.44. The third-order valence-corrected chi connectivity index (χ3v) is 10.5. The number of carbonyl (C=O) groups is 1. The van der Waals surface area contributed by atoms with Gasteiger partial charge in [0.2, 0.25) is 0 Å². The van der Waals surface area contributed by atoms with Crippen molar-refractivity contribution in [1.82, 2.24) is 0 Å². The van der Waals surface area contributed by atoms with E-state index in [1.165, 1.54) is 6.08 Å². The predicted molar refractivity (Wildman–Crippen MR) is 110 cm³/mol. The quantitative estimate of drug-likeness (QED) is 0.366. The van der Waals surface area contributed by atoms with Crippen LogP contribution in [-0.2, 0) is 24.8 Å². The Morgan fingerprint density at radius 2 is 1.81 bits per heavy atom. The summed E-state index contributed by atoms with van der Waals surface area (Å²) in [6.45, 7) is 14.8. The van der Waals surface area contributed by atoms with Crippen LogP contribution in [0.3, 0.4) is 0 Å². The first-order chi connectivity index (χ1) is 12.0. The smallest absolute Gasteiger partial charge is 0.330 e. The Bertz CT molecular complexity index is 645. The maximum Gasteiger partial charge on any atom is 0.330 e. The van der Waals surface area contributed by atoms with Crippen LogP contribution in [0.4, 0.5) is 0 Å². The minimum Gasteiger partial charge on any atom is -0.463 e. The van der Waals surface area contributed by atoms with Crippen molar-refractivity contribution in [2.24, 2.45) is 0 Å². The molecule has 1 unspecified atom stereocenters. The second-order valence-electron chi connectivity index (χ2n) is 7.85. The van der Waals surface area contributed by atoms with Gasteiger partial charge in [0.1, 0.15) is 0 Å². The zero-order chi connectivity index (χ0) is 20.0. The first-order valence-electron chi connectivity index (χ1n) is 8.94. The average molecular weight is 397 g/mol. The third kappa shape index (κ3) is 7.17. The topological polar surface area (TPSA) is 52.6 Å². The molecule has 26 heavy (non-hydrogen) atoms. The Hall–Kier alpha value is -1.24. The second kappa shape index (κ2) is 9.62. The maximum atomic E-state index is 12.8. The number of rotatable bonds is 8. The molecule has 6 heteroatoms. The number of carbonyl (C=O) groups excluding carboxylic acids is 1. The molecule has 1 aromatic carbocycles. The molecule has 0 aliphatic carbocycles. The monoisotopic (exact) mass is 396 g/mol. The summed E-state index contributed by atoms with van der Waals surface area (Å²) in [5, 5.41) is 0.0222.